The number of carboxylic acid groups (broad SMARTS) is 1. The van der Waals surface area contributed by atoms with Crippen molar-refractivity contribution in [3.8, 4) is 0 Å². The number of nitrogens with two attached hydrogens (primary N) is 1. The third-order valence-electron chi connectivity index (χ3n) is 3.89. The van der Waals surface area contributed by atoms with Crippen molar-refractivity contribution in [1.29, 1.82) is 0 Å². The van der Waals surface area contributed by atoms with E-state index in [-0.39, 0.29) is 19.5 Å². The van der Waals surface area contributed by atoms with Gasteiger partial charge in [0.25, 0.3) is 0 Å². The van der Waals surface area contributed by atoms with Gasteiger partial charge in [0.2, 0.25) is 5.91 Å². The molecule has 0 bridgehead atoms. The molecule has 2 amide bonds. The molecule has 0 aromatic heterocycles. The van der Waals surface area contributed by atoms with Crippen LogP contribution in [-0.4, -0.2) is 53.2 Å². The quantitative estimate of drug-likeness (QED) is 0.545. The van der Waals surface area contributed by atoms with Crippen molar-refractivity contribution in [2.75, 3.05) is 25.0 Å². The molecule has 1 aromatic rings. The largest absolute Gasteiger partial charge is 0.465 e. The third-order valence-corrected chi connectivity index (χ3v) is 3.89. The van der Waals surface area contributed by atoms with Crippen LogP contribution >= 0.6 is 0 Å². The summed E-state index contributed by atoms with van der Waals surface area (Å²) in [7, 11) is 0. The fourth-order valence-corrected chi connectivity index (χ4v) is 2.47. The van der Waals surface area contributed by atoms with Crippen LogP contribution < -0.4 is 11.1 Å². The van der Waals surface area contributed by atoms with Crippen LogP contribution in [-0.2, 0) is 14.3 Å². The van der Waals surface area contributed by atoms with Gasteiger partial charge < -0.3 is 25.8 Å². The van der Waals surface area contributed by atoms with Crippen LogP contribution in [0.3, 0.4) is 0 Å². The highest BCUT2D eigenvalue weighted by Gasteiger charge is 2.42. The number of esters is 1. The molecule has 2 rings (SSSR count). The second-order valence-corrected chi connectivity index (χ2v) is 5.77. The third kappa shape index (κ3) is 4.80. The number of carbonyl (C=O) groups excluding carboxylic acids is 2. The van der Waals surface area contributed by atoms with E-state index in [0.717, 1.165) is 10.5 Å². The van der Waals surface area contributed by atoms with E-state index in [0.29, 0.717) is 12.3 Å². The summed E-state index contributed by atoms with van der Waals surface area (Å²) in [6.07, 6.45) is 2.12. The minimum atomic E-state index is -1.24. The van der Waals surface area contributed by atoms with E-state index in [9.17, 15) is 14.4 Å². The summed E-state index contributed by atoms with van der Waals surface area (Å²) in [5.41, 5.74) is 6.11. The molecule has 25 heavy (non-hydrogen) atoms. The summed E-state index contributed by atoms with van der Waals surface area (Å²) in [6, 6.07) is 6.81. The minimum Gasteiger partial charge on any atom is -0.465 e. The molecule has 1 aliphatic heterocycles. The summed E-state index contributed by atoms with van der Waals surface area (Å²) in [5, 5.41) is 11.7. The second-order valence-electron chi connectivity index (χ2n) is 5.77. The first-order chi connectivity index (χ1) is 11.8. The summed E-state index contributed by atoms with van der Waals surface area (Å²) in [5.74, 6) is -0.847. The molecule has 0 radical (unpaired) electrons. The van der Waals surface area contributed by atoms with Crippen LogP contribution in [0.4, 0.5) is 10.5 Å². The molecule has 0 aliphatic carbocycles. The lowest BCUT2D eigenvalue weighted by atomic mass is 9.99. The Bertz CT molecular complexity index is 686. The Morgan fingerprint density at radius 2 is 2.04 bits per heavy atom. The topological polar surface area (TPSA) is 122 Å². The van der Waals surface area contributed by atoms with E-state index in [4.69, 9.17) is 15.6 Å². The molecule has 0 saturated carbocycles. The average Bonchev–Trinajstić information content (AvgIpc) is 2.99. The van der Waals surface area contributed by atoms with Crippen LogP contribution in [0.5, 0.6) is 0 Å². The van der Waals surface area contributed by atoms with Crippen LogP contribution in [0.2, 0.25) is 0 Å². The fraction of sp³-hybridized carbons (Fsp3) is 0.353. The fourth-order valence-electron chi connectivity index (χ4n) is 2.47. The molecule has 8 nitrogen and oxygen atoms in total. The molecule has 0 unspecified atom stereocenters. The maximum absolute atomic E-state index is 12.3. The highest BCUT2D eigenvalue weighted by molar-refractivity contribution is 5.99. The van der Waals surface area contributed by atoms with Gasteiger partial charge in [-0.1, -0.05) is 12.1 Å². The number of hydrogen-bond donors (Lipinski definition) is 3. The summed E-state index contributed by atoms with van der Waals surface area (Å²) in [4.78, 5) is 35.7. The Labute approximate surface area is 145 Å². The number of ether oxygens (including phenoxy) is 1. The standard InChI is InChI=1S/C17H21N3O5/c1-2-25-14(21)8-5-12-3-6-13(7-4-12)19-15(22)17(18)9-10-20(11-17)16(23)24/h3-8H,2,9-11,18H2,1H3,(H,19,22)(H,23,24)/t17-/m0/s1. The van der Waals surface area contributed by atoms with Crippen molar-refractivity contribution >= 4 is 29.7 Å². The zero-order valence-corrected chi connectivity index (χ0v) is 13.9. The lowest BCUT2D eigenvalue weighted by molar-refractivity contribution is -0.137. The van der Waals surface area contributed by atoms with E-state index in [1.165, 1.54) is 6.08 Å². The predicted molar refractivity (Wildman–Crippen MR) is 91.9 cm³/mol. The highest BCUT2D eigenvalue weighted by Crippen LogP contribution is 2.21. The predicted octanol–water partition coefficient (Wildman–Crippen LogP) is 1.28. The summed E-state index contributed by atoms with van der Waals surface area (Å²) < 4.78 is 4.79. The number of carbonyl (C=O) groups is 3. The number of likely N-dealkylation sites (tertiary alicyclic amines) is 1. The van der Waals surface area contributed by atoms with Gasteiger partial charge in [0, 0.05) is 18.3 Å². The number of benzene rings is 1. The van der Waals surface area contributed by atoms with Crippen LogP contribution in [0, 0.1) is 0 Å². The number of hydrogen-bond acceptors (Lipinski definition) is 5. The molecule has 1 heterocycles. The maximum Gasteiger partial charge on any atom is 0.407 e. The number of rotatable bonds is 5. The van der Waals surface area contributed by atoms with E-state index in [2.05, 4.69) is 5.32 Å². The number of anilines is 1. The first-order valence-corrected chi connectivity index (χ1v) is 7.87. The van der Waals surface area contributed by atoms with Crippen molar-refractivity contribution in [2.45, 2.75) is 18.9 Å². The monoisotopic (exact) mass is 347 g/mol. The van der Waals surface area contributed by atoms with E-state index >= 15 is 0 Å². The molecule has 1 saturated heterocycles. The number of nitrogens with one attached hydrogen (secondary N) is 1. The van der Waals surface area contributed by atoms with Crippen LogP contribution in [0.1, 0.15) is 18.9 Å². The van der Waals surface area contributed by atoms with Crippen molar-refractivity contribution in [2.24, 2.45) is 5.73 Å². The smallest absolute Gasteiger partial charge is 0.407 e. The molecule has 1 aromatic carbocycles. The van der Waals surface area contributed by atoms with Gasteiger partial charge in [-0.15, -0.1) is 0 Å². The van der Waals surface area contributed by atoms with Gasteiger partial charge >= 0.3 is 12.1 Å². The molecule has 8 heteroatoms. The first kappa shape index (κ1) is 18.5. The average molecular weight is 347 g/mol. The zero-order chi connectivity index (χ0) is 18.4. The van der Waals surface area contributed by atoms with Gasteiger partial charge in [0.05, 0.1) is 13.2 Å². The molecule has 1 atom stereocenters. The SMILES string of the molecule is CCOC(=O)C=Cc1ccc(NC(=O)[C@]2(N)CCN(C(=O)O)C2)cc1. The Kier molecular flexibility index (Phi) is 5.76. The molecule has 4 N–H and O–H groups in total. The lowest BCUT2D eigenvalue weighted by Crippen LogP contribution is -2.53. The molecular formula is C17H21N3O5. The summed E-state index contributed by atoms with van der Waals surface area (Å²) in [6.45, 7) is 2.24. The van der Waals surface area contributed by atoms with Crippen LogP contribution in [0.15, 0.2) is 30.3 Å². The van der Waals surface area contributed by atoms with E-state index in [1.807, 2.05) is 0 Å². The number of nitrogens with zero attached hydrogens (tertiary/aromatic N) is 1. The molecule has 0 spiro atoms. The maximum atomic E-state index is 12.3. The van der Waals surface area contributed by atoms with Crippen molar-refractivity contribution in [1.82, 2.24) is 4.90 Å². The van der Waals surface area contributed by atoms with E-state index in [1.54, 1.807) is 37.3 Å². The lowest BCUT2D eigenvalue weighted by Gasteiger charge is -2.22. The first-order valence-electron chi connectivity index (χ1n) is 7.87. The Morgan fingerprint density at radius 3 is 2.60 bits per heavy atom. The molecule has 1 fully saturated rings. The molecule has 134 valence electrons. The van der Waals surface area contributed by atoms with Crippen LogP contribution in [0.25, 0.3) is 6.08 Å². The summed E-state index contributed by atoms with van der Waals surface area (Å²) >= 11 is 0. The zero-order valence-electron chi connectivity index (χ0n) is 13.9. The Balaban J connectivity index is 1.96. The highest BCUT2D eigenvalue weighted by atomic mass is 16.5. The van der Waals surface area contributed by atoms with Gasteiger partial charge in [0.1, 0.15) is 5.54 Å². The van der Waals surface area contributed by atoms with Gasteiger partial charge in [-0.3, -0.25) is 4.79 Å². The normalized spacial score (nSPS) is 19.8. The Morgan fingerprint density at radius 1 is 1.36 bits per heavy atom. The van der Waals surface area contributed by atoms with Crippen molar-refractivity contribution in [3.63, 3.8) is 0 Å². The number of amides is 2. The minimum absolute atomic E-state index is 0.0332. The van der Waals surface area contributed by atoms with E-state index < -0.39 is 23.5 Å². The van der Waals surface area contributed by atoms with Gasteiger partial charge in [-0.25, -0.2) is 9.59 Å². The van der Waals surface area contributed by atoms with Gasteiger partial charge in [0.15, 0.2) is 0 Å². The van der Waals surface area contributed by atoms with Crippen molar-refractivity contribution in [3.05, 3.63) is 35.9 Å². The van der Waals surface area contributed by atoms with Gasteiger partial charge in [-0.2, -0.15) is 0 Å². The Hall–Kier alpha value is -2.87. The second kappa shape index (κ2) is 7.80. The molecule has 1 aliphatic rings. The molecular weight excluding hydrogens is 326 g/mol. The van der Waals surface area contributed by atoms with Gasteiger partial charge in [-0.05, 0) is 37.1 Å². The van der Waals surface area contributed by atoms with Crippen molar-refractivity contribution < 1.29 is 24.2 Å².